The van der Waals surface area contributed by atoms with Gasteiger partial charge >= 0.3 is 11.9 Å². The van der Waals surface area contributed by atoms with Crippen molar-refractivity contribution in [3.05, 3.63) is 11.1 Å². The van der Waals surface area contributed by atoms with E-state index < -0.39 is 40.4 Å². The zero-order valence-corrected chi connectivity index (χ0v) is 23.8. The summed E-state index contributed by atoms with van der Waals surface area (Å²) in [6.45, 7) is 10.6. The van der Waals surface area contributed by atoms with Crippen molar-refractivity contribution in [3.8, 4) is 0 Å². The van der Waals surface area contributed by atoms with Crippen LogP contribution in [-0.2, 0) is 9.59 Å². The molecule has 0 aliphatic heterocycles. The molecule has 0 unspecified atom stereocenters. The summed E-state index contributed by atoms with van der Waals surface area (Å²) in [7, 11) is 0. The quantitative estimate of drug-likeness (QED) is 0.280. The highest BCUT2D eigenvalue weighted by atomic mass is 35.5. The van der Waals surface area contributed by atoms with Crippen molar-refractivity contribution in [3.63, 3.8) is 0 Å². The Labute approximate surface area is 225 Å². The number of hydrogen-bond acceptors (Lipinski definition) is 4. The molecule has 0 saturated heterocycles. The summed E-state index contributed by atoms with van der Waals surface area (Å²) in [5.74, 6) is -1.43. The van der Waals surface area contributed by atoms with Crippen LogP contribution in [0.1, 0.15) is 92.4 Å². The molecule has 0 amide bonds. The number of hydrogen-bond donors (Lipinski definition) is 4. The average Bonchev–Trinajstić information content (AvgIpc) is 2.81. The highest BCUT2D eigenvalue weighted by Gasteiger charge is 2.69. The van der Waals surface area contributed by atoms with Crippen molar-refractivity contribution >= 4 is 23.5 Å². The molecule has 208 valence electrons. The summed E-state index contributed by atoms with van der Waals surface area (Å²) in [6, 6.07) is 0. The summed E-state index contributed by atoms with van der Waals surface area (Å²) in [6.07, 6.45) is 4.09. The molecule has 0 aromatic rings. The molecular formula is C30H45ClO6. The Hall–Kier alpha value is -1.11. The van der Waals surface area contributed by atoms with Crippen LogP contribution in [0.5, 0.6) is 0 Å². The van der Waals surface area contributed by atoms with Crippen LogP contribution >= 0.6 is 11.6 Å². The number of carbonyl (C=O) groups is 2. The van der Waals surface area contributed by atoms with E-state index in [-0.39, 0.29) is 34.5 Å². The first kappa shape index (κ1) is 27.5. The second-order valence-corrected chi connectivity index (χ2v) is 15.1. The molecule has 0 spiro atoms. The highest BCUT2D eigenvalue weighted by Crippen LogP contribution is 2.72. The number of allylic oxidation sites excluding steroid dienone is 2. The number of carboxylic acid groups (broad SMARTS) is 2. The molecule has 6 nitrogen and oxygen atoms in total. The van der Waals surface area contributed by atoms with E-state index in [1.165, 1.54) is 11.1 Å². The van der Waals surface area contributed by atoms with Crippen molar-refractivity contribution in [2.24, 2.45) is 50.7 Å². The number of rotatable bonds is 3. The van der Waals surface area contributed by atoms with Gasteiger partial charge in [-0.15, -0.1) is 11.6 Å². The molecule has 4 N–H and O–H groups in total. The van der Waals surface area contributed by atoms with E-state index in [0.29, 0.717) is 31.6 Å². The van der Waals surface area contributed by atoms with Crippen molar-refractivity contribution in [2.45, 2.75) is 105 Å². The van der Waals surface area contributed by atoms with Gasteiger partial charge in [-0.05, 0) is 105 Å². The minimum atomic E-state index is -1.42. The first-order valence-electron chi connectivity index (χ1n) is 14.2. The topological polar surface area (TPSA) is 115 Å². The molecule has 10 atom stereocenters. The zero-order valence-electron chi connectivity index (χ0n) is 23.0. The molecule has 0 heterocycles. The van der Waals surface area contributed by atoms with Crippen LogP contribution in [0.25, 0.3) is 0 Å². The maximum atomic E-state index is 12.8. The van der Waals surface area contributed by atoms with E-state index in [2.05, 4.69) is 27.7 Å². The molecule has 3 fully saturated rings. The van der Waals surface area contributed by atoms with E-state index in [1.807, 2.05) is 0 Å². The van der Waals surface area contributed by atoms with E-state index in [4.69, 9.17) is 11.6 Å². The lowest BCUT2D eigenvalue weighted by atomic mass is 9.37. The first-order chi connectivity index (χ1) is 17.1. The Bertz CT molecular complexity index is 1040. The normalized spacial score (nSPS) is 50.8. The van der Waals surface area contributed by atoms with Crippen LogP contribution in [0.3, 0.4) is 0 Å². The van der Waals surface area contributed by atoms with Gasteiger partial charge in [0.05, 0.1) is 23.0 Å². The molecule has 5 rings (SSSR count). The number of carboxylic acids is 2. The summed E-state index contributed by atoms with van der Waals surface area (Å²) in [5.41, 5.74) is -0.0655. The van der Waals surface area contributed by atoms with Crippen molar-refractivity contribution in [2.75, 3.05) is 5.88 Å². The van der Waals surface area contributed by atoms with Crippen LogP contribution in [0, 0.1) is 50.7 Å². The SMILES string of the molecule is CC1(C)CC[C@]2(C(=O)O)CCC3=C([C@@H](CCl)C[C@@H]4[C@@]5(C)C[C@H](O)[C@H](O)[C@](C)(C(=O)O)[C@@H]5CC[C@]34C)[C@@H]2C1. The Balaban J connectivity index is 1.65. The Morgan fingerprint density at radius 1 is 0.919 bits per heavy atom. The van der Waals surface area contributed by atoms with Crippen LogP contribution in [0.2, 0.25) is 0 Å². The monoisotopic (exact) mass is 536 g/mol. The van der Waals surface area contributed by atoms with Crippen LogP contribution in [0.15, 0.2) is 11.1 Å². The predicted molar refractivity (Wildman–Crippen MR) is 141 cm³/mol. The van der Waals surface area contributed by atoms with Gasteiger partial charge < -0.3 is 20.4 Å². The number of halogens is 1. The Kier molecular flexibility index (Phi) is 6.27. The van der Waals surface area contributed by atoms with Crippen LogP contribution < -0.4 is 0 Å². The molecule has 0 aromatic heterocycles. The second kappa shape index (κ2) is 8.44. The van der Waals surface area contributed by atoms with Gasteiger partial charge in [0.2, 0.25) is 0 Å². The molecule has 0 bridgehead atoms. The predicted octanol–water partition coefficient (Wildman–Crippen LogP) is 5.49. The molecule has 7 heteroatoms. The lowest BCUT2D eigenvalue weighted by Crippen LogP contribution is -2.67. The van der Waals surface area contributed by atoms with Gasteiger partial charge in [-0.1, -0.05) is 38.8 Å². The minimum absolute atomic E-state index is 0.0207. The molecule has 0 aromatic carbocycles. The van der Waals surface area contributed by atoms with Gasteiger partial charge in [0.1, 0.15) is 0 Å². The Morgan fingerprint density at radius 2 is 1.59 bits per heavy atom. The first-order valence-corrected chi connectivity index (χ1v) is 14.7. The molecular weight excluding hydrogens is 492 g/mol. The van der Waals surface area contributed by atoms with Gasteiger partial charge in [-0.25, -0.2) is 0 Å². The van der Waals surface area contributed by atoms with Gasteiger partial charge in [-0.3, -0.25) is 9.59 Å². The van der Waals surface area contributed by atoms with Crippen LogP contribution in [-0.4, -0.2) is 50.5 Å². The zero-order chi connectivity index (χ0) is 27.3. The number of aliphatic hydroxyl groups is 2. The summed E-state index contributed by atoms with van der Waals surface area (Å²) < 4.78 is 0. The van der Waals surface area contributed by atoms with Gasteiger partial charge in [0, 0.05) is 5.88 Å². The number of fused-ring (bicyclic) bond motifs is 6. The average molecular weight is 537 g/mol. The van der Waals surface area contributed by atoms with E-state index >= 15 is 0 Å². The van der Waals surface area contributed by atoms with Gasteiger partial charge in [0.25, 0.3) is 0 Å². The second-order valence-electron chi connectivity index (χ2n) is 14.8. The largest absolute Gasteiger partial charge is 0.481 e. The maximum Gasteiger partial charge on any atom is 0.312 e. The highest BCUT2D eigenvalue weighted by molar-refractivity contribution is 6.18. The fourth-order valence-electron chi connectivity index (χ4n) is 10.6. The lowest BCUT2D eigenvalue weighted by Gasteiger charge is -2.67. The molecule has 5 aliphatic rings. The number of alkyl halides is 1. The number of aliphatic carboxylic acids is 2. The lowest BCUT2D eigenvalue weighted by molar-refractivity contribution is -0.225. The van der Waals surface area contributed by atoms with Crippen molar-refractivity contribution in [1.82, 2.24) is 0 Å². The third-order valence-electron chi connectivity index (χ3n) is 12.6. The van der Waals surface area contributed by atoms with Crippen molar-refractivity contribution in [1.29, 1.82) is 0 Å². The standard InChI is InChI=1S/C30H45ClO6/c1-26(2)10-11-30(25(36)37)9-6-17-22(18(30)13-26)16(15-31)12-21-27(17,3)8-7-20-28(21,4)14-19(32)23(33)29(20,5)24(34)35/h16,18-21,23,32-33H,6-15H2,1-5H3,(H,34,35)(H,36,37)/t16-,18+,19+,20-,21+,23+,27-,28+,29-,30-/m1/s1. The third-order valence-corrected chi connectivity index (χ3v) is 13.0. The fourth-order valence-corrected chi connectivity index (χ4v) is 10.9. The molecule has 3 saturated carbocycles. The van der Waals surface area contributed by atoms with E-state index in [1.54, 1.807) is 6.92 Å². The smallest absolute Gasteiger partial charge is 0.312 e. The maximum absolute atomic E-state index is 12.8. The molecule has 0 radical (unpaired) electrons. The van der Waals surface area contributed by atoms with Gasteiger partial charge in [-0.2, -0.15) is 0 Å². The minimum Gasteiger partial charge on any atom is -0.481 e. The summed E-state index contributed by atoms with van der Waals surface area (Å²) >= 11 is 6.72. The molecule has 5 aliphatic carbocycles. The Morgan fingerprint density at radius 3 is 2.19 bits per heavy atom. The fraction of sp³-hybridized carbons (Fsp3) is 0.867. The van der Waals surface area contributed by atoms with Crippen LogP contribution in [0.4, 0.5) is 0 Å². The number of aliphatic hydroxyl groups excluding tert-OH is 2. The third kappa shape index (κ3) is 3.50. The summed E-state index contributed by atoms with van der Waals surface area (Å²) in [4.78, 5) is 25.4. The summed E-state index contributed by atoms with van der Waals surface area (Å²) in [5, 5.41) is 42.7. The van der Waals surface area contributed by atoms with Gasteiger partial charge in [0.15, 0.2) is 0 Å². The van der Waals surface area contributed by atoms with Crippen molar-refractivity contribution < 1.29 is 30.0 Å². The van der Waals surface area contributed by atoms with E-state index in [9.17, 15) is 30.0 Å². The van der Waals surface area contributed by atoms with E-state index in [0.717, 1.165) is 32.1 Å². The molecule has 37 heavy (non-hydrogen) atoms.